The molecular formula is C19H18N4O5. The number of hydrogen-bond donors (Lipinski definition) is 3. The third kappa shape index (κ3) is 3.74. The Hall–Kier alpha value is -3.59. The van der Waals surface area contributed by atoms with E-state index in [0.717, 1.165) is 5.56 Å². The van der Waals surface area contributed by atoms with E-state index in [-0.39, 0.29) is 31.1 Å². The lowest BCUT2D eigenvalue weighted by atomic mass is 10.1. The molecule has 1 aliphatic heterocycles. The number of pyridine rings is 1. The lowest BCUT2D eigenvalue weighted by molar-refractivity contribution is 0.0898. The number of ether oxygens (including phenoxy) is 2. The Morgan fingerprint density at radius 1 is 1.25 bits per heavy atom. The number of H-pyrrole nitrogens is 1. The molecule has 1 amide bonds. The van der Waals surface area contributed by atoms with Crippen LogP contribution in [0.15, 0.2) is 53.5 Å². The molecule has 0 radical (unpaired) electrons. The largest absolute Gasteiger partial charge is 0.454 e. The van der Waals surface area contributed by atoms with E-state index in [1.165, 1.54) is 10.6 Å². The first-order chi connectivity index (χ1) is 13.6. The molecule has 2 aromatic heterocycles. The minimum Gasteiger partial charge on any atom is -0.454 e. The monoisotopic (exact) mass is 382 g/mol. The van der Waals surface area contributed by atoms with Gasteiger partial charge in [0.25, 0.3) is 11.5 Å². The molecule has 0 spiro atoms. The maximum atomic E-state index is 12.3. The van der Waals surface area contributed by atoms with Crippen LogP contribution >= 0.6 is 0 Å². The molecule has 3 N–H and O–H groups in total. The van der Waals surface area contributed by atoms with E-state index in [0.29, 0.717) is 17.2 Å². The minimum atomic E-state index is -0.902. The van der Waals surface area contributed by atoms with Gasteiger partial charge in [-0.3, -0.25) is 14.7 Å². The molecule has 0 fully saturated rings. The van der Waals surface area contributed by atoms with Crippen molar-refractivity contribution in [1.29, 1.82) is 0 Å². The Labute approximate surface area is 159 Å². The molecule has 1 aliphatic rings. The van der Waals surface area contributed by atoms with Crippen molar-refractivity contribution in [3.63, 3.8) is 0 Å². The van der Waals surface area contributed by atoms with Gasteiger partial charge in [-0.1, -0.05) is 6.07 Å². The molecule has 4 rings (SSSR count). The number of amides is 1. The Kier molecular flexibility index (Phi) is 4.81. The highest BCUT2D eigenvalue weighted by atomic mass is 16.7. The number of rotatable bonds is 6. The zero-order valence-corrected chi connectivity index (χ0v) is 14.8. The van der Waals surface area contributed by atoms with Gasteiger partial charge in [0.15, 0.2) is 11.5 Å². The van der Waals surface area contributed by atoms with Gasteiger partial charge in [0.2, 0.25) is 6.79 Å². The first-order valence-corrected chi connectivity index (χ1v) is 8.67. The fraction of sp³-hybridized carbons (Fsp3) is 0.211. The van der Waals surface area contributed by atoms with Crippen LogP contribution in [0.25, 0.3) is 11.3 Å². The second-order valence-electron chi connectivity index (χ2n) is 6.29. The van der Waals surface area contributed by atoms with E-state index in [1.54, 1.807) is 36.5 Å². The number of aliphatic hydroxyl groups excluding tert-OH is 1. The summed E-state index contributed by atoms with van der Waals surface area (Å²) in [6, 6.07) is 11.8. The molecule has 3 aromatic rings. The van der Waals surface area contributed by atoms with Crippen molar-refractivity contribution in [2.24, 2.45) is 0 Å². The normalized spacial score (nSPS) is 13.3. The number of nitrogens with zero attached hydrogens (tertiary/aromatic N) is 2. The van der Waals surface area contributed by atoms with Crippen molar-refractivity contribution in [1.82, 2.24) is 20.1 Å². The number of carbonyl (C=O) groups excluding carboxylic acids is 1. The quantitative estimate of drug-likeness (QED) is 0.579. The van der Waals surface area contributed by atoms with Crippen molar-refractivity contribution in [3.05, 3.63) is 64.7 Å². The second-order valence-corrected chi connectivity index (χ2v) is 6.29. The highest BCUT2D eigenvalue weighted by molar-refractivity contribution is 5.93. The topological polar surface area (TPSA) is 118 Å². The SMILES string of the molecule is O=C(NCC(O)Cn1ccccc1=O)c1cc(-c2ccc3c(c2)OCO3)n[nH]1. The maximum absolute atomic E-state index is 12.3. The third-order valence-corrected chi connectivity index (χ3v) is 4.30. The number of aromatic nitrogens is 3. The summed E-state index contributed by atoms with van der Waals surface area (Å²) in [5.74, 6) is 0.897. The third-order valence-electron chi connectivity index (χ3n) is 4.30. The van der Waals surface area contributed by atoms with E-state index in [4.69, 9.17) is 9.47 Å². The van der Waals surface area contributed by atoms with Crippen molar-refractivity contribution >= 4 is 5.91 Å². The van der Waals surface area contributed by atoms with Crippen LogP contribution in [0.1, 0.15) is 10.5 Å². The lowest BCUT2D eigenvalue weighted by Gasteiger charge is -2.12. The predicted molar refractivity (Wildman–Crippen MR) is 99.2 cm³/mol. The van der Waals surface area contributed by atoms with Gasteiger partial charge in [0.1, 0.15) is 5.69 Å². The predicted octanol–water partition coefficient (Wildman–Crippen LogP) is 0.758. The van der Waals surface area contributed by atoms with Gasteiger partial charge in [0.05, 0.1) is 18.3 Å². The van der Waals surface area contributed by atoms with E-state index < -0.39 is 12.0 Å². The van der Waals surface area contributed by atoms with Crippen molar-refractivity contribution in [2.75, 3.05) is 13.3 Å². The number of aliphatic hydroxyl groups is 1. The Bertz CT molecular complexity index is 1060. The Morgan fingerprint density at radius 3 is 2.96 bits per heavy atom. The number of nitrogens with one attached hydrogen (secondary N) is 2. The first kappa shape index (κ1) is 17.8. The van der Waals surface area contributed by atoms with Crippen LogP contribution in [0.2, 0.25) is 0 Å². The van der Waals surface area contributed by atoms with Crippen LogP contribution in [0, 0.1) is 0 Å². The summed E-state index contributed by atoms with van der Waals surface area (Å²) in [5.41, 5.74) is 1.41. The molecule has 0 saturated carbocycles. The van der Waals surface area contributed by atoms with Crippen LogP contribution < -0.4 is 20.3 Å². The number of hydrogen-bond acceptors (Lipinski definition) is 6. The fourth-order valence-corrected chi connectivity index (χ4v) is 2.85. The molecule has 28 heavy (non-hydrogen) atoms. The van der Waals surface area contributed by atoms with Gasteiger partial charge in [-0.2, -0.15) is 5.10 Å². The summed E-state index contributed by atoms with van der Waals surface area (Å²) in [6.45, 7) is 0.272. The van der Waals surface area contributed by atoms with Gasteiger partial charge in [-0.05, 0) is 30.3 Å². The summed E-state index contributed by atoms with van der Waals surface area (Å²) >= 11 is 0. The van der Waals surface area contributed by atoms with E-state index in [1.807, 2.05) is 6.07 Å². The molecule has 1 unspecified atom stereocenters. The highest BCUT2D eigenvalue weighted by Crippen LogP contribution is 2.35. The number of fused-ring (bicyclic) bond motifs is 1. The zero-order chi connectivity index (χ0) is 19.5. The van der Waals surface area contributed by atoms with Gasteiger partial charge in [-0.15, -0.1) is 0 Å². The number of benzene rings is 1. The molecule has 0 saturated heterocycles. The average Bonchev–Trinajstić information content (AvgIpc) is 3.36. The summed E-state index contributed by atoms with van der Waals surface area (Å²) < 4.78 is 12.0. The zero-order valence-electron chi connectivity index (χ0n) is 14.8. The van der Waals surface area contributed by atoms with Crippen molar-refractivity contribution in [3.8, 4) is 22.8 Å². The van der Waals surface area contributed by atoms with Gasteiger partial charge in [0, 0.05) is 24.4 Å². The molecule has 0 aliphatic carbocycles. The van der Waals surface area contributed by atoms with Crippen molar-refractivity contribution in [2.45, 2.75) is 12.6 Å². The highest BCUT2D eigenvalue weighted by Gasteiger charge is 2.17. The van der Waals surface area contributed by atoms with Gasteiger partial charge >= 0.3 is 0 Å². The summed E-state index contributed by atoms with van der Waals surface area (Å²) in [6.07, 6.45) is 0.681. The van der Waals surface area contributed by atoms with Crippen LogP contribution in [-0.4, -0.2) is 45.2 Å². The number of aromatic amines is 1. The molecule has 1 aromatic carbocycles. The molecule has 3 heterocycles. The van der Waals surface area contributed by atoms with Crippen LogP contribution in [0.4, 0.5) is 0 Å². The minimum absolute atomic E-state index is 0.00144. The summed E-state index contributed by atoms with van der Waals surface area (Å²) in [5, 5.41) is 19.5. The van der Waals surface area contributed by atoms with E-state index in [2.05, 4.69) is 15.5 Å². The van der Waals surface area contributed by atoms with Crippen molar-refractivity contribution < 1.29 is 19.4 Å². The average molecular weight is 382 g/mol. The fourth-order valence-electron chi connectivity index (χ4n) is 2.85. The summed E-state index contributed by atoms with van der Waals surface area (Å²) in [4.78, 5) is 24.0. The van der Waals surface area contributed by atoms with E-state index >= 15 is 0 Å². The first-order valence-electron chi connectivity index (χ1n) is 8.67. The second kappa shape index (κ2) is 7.57. The standard InChI is InChI=1S/C19H18N4O5/c24-13(10-23-6-2-1-3-18(23)25)9-20-19(26)15-8-14(21-22-15)12-4-5-16-17(7-12)28-11-27-16/h1-8,13,24H,9-11H2,(H,20,26)(H,21,22). The Balaban J connectivity index is 1.37. The Morgan fingerprint density at radius 2 is 2.11 bits per heavy atom. The van der Waals surface area contributed by atoms with Crippen LogP contribution in [0.5, 0.6) is 11.5 Å². The molecule has 0 bridgehead atoms. The molecule has 9 nitrogen and oxygen atoms in total. The van der Waals surface area contributed by atoms with Crippen LogP contribution in [0.3, 0.4) is 0 Å². The summed E-state index contributed by atoms with van der Waals surface area (Å²) in [7, 11) is 0. The van der Waals surface area contributed by atoms with Crippen LogP contribution in [-0.2, 0) is 6.54 Å². The smallest absolute Gasteiger partial charge is 0.269 e. The molecular weight excluding hydrogens is 364 g/mol. The number of carbonyl (C=O) groups is 1. The van der Waals surface area contributed by atoms with Gasteiger partial charge in [-0.25, -0.2) is 0 Å². The lowest BCUT2D eigenvalue weighted by Crippen LogP contribution is -2.36. The molecule has 9 heteroatoms. The van der Waals surface area contributed by atoms with E-state index in [9.17, 15) is 14.7 Å². The molecule has 144 valence electrons. The molecule has 1 atom stereocenters. The maximum Gasteiger partial charge on any atom is 0.269 e. The van der Waals surface area contributed by atoms with Gasteiger partial charge < -0.3 is 24.5 Å².